The Morgan fingerprint density at radius 3 is 2.78 bits per heavy atom. The van der Waals surface area contributed by atoms with Gasteiger partial charge in [-0.3, -0.25) is 4.21 Å². The van der Waals surface area contributed by atoms with Gasteiger partial charge in [0, 0.05) is 28.7 Å². The molecule has 0 aromatic rings. The number of hydrogen-bond donors (Lipinski definition) is 0. The van der Waals surface area contributed by atoms with E-state index in [0.29, 0.717) is 17.9 Å². The van der Waals surface area contributed by atoms with E-state index in [1.54, 1.807) is 0 Å². The summed E-state index contributed by atoms with van der Waals surface area (Å²) >= 11 is 0. The average molecular weight is 145 g/mol. The summed E-state index contributed by atoms with van der Waals surface area (Å²) in [5, 5.41) is 8.10. The molecule has 0 fully saturated rings. The summed E-state index contributed by atoms with van der Waals surface area (Å²) in [6.45, 7) is 1.89. The van der Waals surface area contributed by atoms with Crippen molar-refractivity contribution in [3.05, 3.63) is 0 Å². The molecule has 0 radical (unpaired) electrons. The molecule has 1 unspecified atom stereocenters. The van der Waals surface area contributed by atoms with Gasteiger partial charge in [-0.25, -0.2) is 0 Å². The van der Waals surface area contributed by atoms with Crippen molar-refractivity contribution in [2.45, 2.75) is 19.8 Å². The van der Waals surface area contributed by atoms with Crippen LogP contribution in [-0.4, -0.2) is 15.7 Å². The van der Waals surface area contributed by atoms with Crippen molar-refractivity contribution in [2.24, 2.45) is 0 Å². The van der Waals surface area contributed by atoms with E-state index in [1.165, 1.54) is 0 Å². The highest BCUT2D eigenvalue weighted by Gasteiger charge is 1.93. The molecule has 3 heteroatoms. The molecule has 0 saturated carbocycles. The number of unbranched alkanes of at least 4 members (excludes halogenated alkanes) is 1. The van der Waals surface area contributed by atoms with Gasteiger partial charge in [0.05, 0.1) is 6.07 Å². The van der Waals surface area contributed by atoms with Crippen LogP contribution in [0.1, 0.15) is 19.8 Å². The second-order valence-electron chi connectivity index (χ2n) is 1.69. The summed E-state index contributed by atoms with van der Waals surface area (Å²) in [6.07, 6.45) is 1.31. The van der Waals surface area contributed by atoms with Crippen LogP contribution in [0.5, 0.6) is 0 Å². The molecule has 0 bridgehead atoms. The standard InChI is InChI=1S/C6H11NOS/c1-2-9(8)6-4-3-5-7/h2-4,6H2,1H3. The summed E-state index contributed by atoms with van der Waals surface area (Å²) in [5.74, 6) is 1.40. The van der Waals surface area contributed by atoms with Crippen molar-refractivity contribution in [1.29, 1.82) is 5.26 Å². The Hall–Kier alpha value is -0.360. The van der Waals surface area contributed by atoms with Crippen molar-refractivity contribution in [1.82, 2.24) is 0 Å². The normalized spacial score (nSPS) is 12.4. The van der Waals surface area contributed by atoms with Crippen LogP contribution in [0.15, 0.2) is 0 Å². The zero-order chi connectivity index (χ0) is 7.11. The lowest BCUT2D eigenvalue weighted by Crippen LogP contribution is -1.98. The predicted octanol–water partition coefficient (Wildman–Crippen LogP) is 1.06. The lowest BCUT2D eigenvalue weighted by Gasteiger charge is -1.92. The summed E-state index contributed by atoms with van der Waals surface area (Å²) < 4.78 is 10.7. The maximum atomic E-state index is 10.7. The Morgan fingerprint density at radius 2 is 2.33 bits per heavy atom. The molecule has 0 amide bonds. The monoisotopic (exact) mass is 145 g/mol. The van der Waals surface area contributed by atoms with E-state index in [2.05, 4.69) is 0 Å². The fourth-order valence-electron chi connectivity index (χ4n) is 0.457. The van der Waals surface area contributed by atoms with Crippen molar-refractivity contribution in [2.75, 3.05) is 11.5 Å². The van der Waals surface area contributed by atoms with Gasteiger partial charge in [-0.1, -0.05) is 6.92 Å². The van der Waals surface area contributed by atoms with Gasteiger partial charge in [0.1, 0.15) is 0 Å². The third-order valence-corrected chi connectivity index (χ3v) is 2.37. The summed E-state index contributed by atoms with van der Waals surface area (Å²) in [6, 6.07) is 2.01. The van der Waals surface area contributed by atoms with Gasteiger partial charge in [0.25, 0.3) is 0 Å². The van der Waals surface area contributed by atoms with E-state index in [1.807, 2.05) is 13.0 Å². The van der Waals surface area contributed by atoms with Crippen LogP contribution in [0.25, 0.3) is 0 Å². The topological polar surface area (TPSA) is 40.9 Å². The Balaban J connectivity index is 3.09. The highest BCUT2D eigenvalue weighted by molar-refractivity contribution is 7.84. The van der Waals surface area contributed by atoms with Gasteiger partial charge in [-0.05, 0) is 6.42 Å². The van der Waals surface area contributed by atoms with Crippen LogP contribution in [0.4, 0.5) is 0 Å². The first-order chi connectivity index (χ1) is 4.31. The first kappa shape index (κ1) is 8.64. The van der Waals surface area contributed by atoms with Gasteiger partial charge in [0.2, 0.25) is 0 Å². The number of rotatable bonds is 4. The number of hydrogen-bond acceptors (Lipinski definition) is 2. The highest BCUT2D eigenvalue weighted by Crippen LogP contribution is 1.90. The van der Waals surface area contributed by atoms with Crippen molar-refractivity contribution in [3.8, 4) is 6.07 Å². The molecule has 1 atom stereocenters. The predicted molar refractivity (Wildman–Crippen MR) is 38.4 cm³/mol. The van der Waals surface area contributed by atoms with Gasteiger partial charge in [0.15, 0.2) is 0 Å². The maximum absolute atomic E-state index is 10.7. The van der Waals surface area contributed by atoms with Gasteiger partial charge in [-0.2, -0.15) is 5.26 Å². The maximum Gasteiger partial charge on any atom is 0.0622 e. The molecule has 0 rings (SSSR count). The van der Waals surface area contributed by atoms with Crippen LogP contribution in [0.2, 0.25) is 0 Å². The molecule has 0 aromatic heterocycles. The van der Waals surface area contributed by atoms with E-state index in [0.717, 1.165) is 6.42 Å². The molecule has 2 nitrogen and oxygen atoms in total. The minimum atomic E-state index is -0.680. The van der Waals surface area contributed by atoms with Crippen molar-refractivity contribution in [3.63, 3.8) is 0 Å². The second kappa shape index (κ2) is 5.77. The largest absolute Gasteiger partial charge is 0.260 e. The lowest BCUT2D eigenvalue weighted by atomic mass is 10.4. The van der Waals surface area contributed by atoms with Gasteiger partial charge in [-0.15, -0.1) is 0 Å². The molecule has 0 spiro atoms. The van der Waals surface area contributed by atoms with Crippen molar-refractivity contribution < 1.29 is 4.21 Å². The fraction of sp³-hybridized carbons (Fsp3) is 0.833. The Bertz CT molecular complexity index is 128. The molecule has 0 aromatic carbocycles. The summed E-state index contributed by atoms with van der Waals surface area (Å²) in [5.41, 5.74) is 0. The first-order valence-electron chi connectivity index (χ1n) is 3.03. The third kappa shape index (κ3) is 5.51. The molecule has 0 saturated heterocycles. The molecular weight excluding hydrogens is 134 g/mol. The lowest BCUT2D eigenvalue weighted by molar-refractivity contribution is 0.681. The molecule has 9 heavy (non-hydrogen) atoms. The van der Waals surface area contributed by atoms with E-state index in [-0.39, 0.29) is 0 Å². The molecule has 0 aliphatic rings. The van der Waals surface area contributed by atoms with Crippen LogP contribution >= 0.6 is 0 Å². The molecular formula is C6H11NOS. The summed E-state index contributed by atoms with van der Waals surface area (Å²) in [7, 11) is -0.680. The first-order valence-corrected chi connectivity index (χ1v) is 4.52. The fourth-order valence-corrected chi connectivity index (χ4v) is 1.21. The second-order valence-corrected chi connectivity index (χ2v) is 3.56. The zero-order valence-corrected chi connectivity index (χ0v) is 6.41. The third-order valence-electron chi connectivity index (χ3n) is 0.983. The average Bonchev–Trinajstić information content (AvgIpc) is 1.89. The minimum Gasteiger partial charge on any atom is -0.260 e. The molecule has 0 aliphatic carbocycles. The molecule has 0 heterocycles. The summed E-state index contributed by atoms with van der Waals surface area (Å²) in [4.78, 5) is 0. The zero-order valence-electron chi connectivity index (χ0n) is 5.59. The van der Waals surface area contributed by atoms with Crippen LogP contribution < -0.4 is 0 Å². The molecule has 0 N–H and O–H groups in total. The molecule has 52 valence electrons. The van der Waals surface area contributed by atoms with Gasteiger partial charge < -0.3 is 0 Å². The highest BCUT2D eigenvalue weighted by atomic mass is 32.2. The Morgan fingerprint density at radius 1 is 1.67 bits per heavy atom. The van der Waals surface area contributed by atoms with E-state index < -0.39 is 10.8 Å². The van der Waals surface area contributed by atoms with Crippen molar-refractivity contribution >= 4 is 10.8 Å². The van der Waals surface area contributed by atoms with Crippen LogP contribution in [0, 0.1) is 11.3 Å². The Labute approximate surface area is 58.3 Å². The quantitative estimate of drug-likeness (QED) is 0.555. The van der Waals surface area contributed by atoms with E-state index in [4.69, 9.17) is 5.26 Å². The minimum absolute atomic E-state index is 0.533. The smallest absolute Gasteiger partial charge is 0.0622 e. The SMILES string of the molecule is CCS(=O)CCCC#N. The number of nitriles is 1. The molecule has 0 aliphatic heterocycles. The van der Waals surface area contributed by atoms with Crippen LogP contribution in [-0.2, 0) is 10.8 Å². The number of nitrogens with zero attached hydrogens (tertiary/aromatic N) is 1. The van der Waals surface area contributed by atoms with Crippen LogP contribution in [0.3, 0.4) is 0 Å². The van der Waals surface area contributed by atoms with E-state index in [9.17, 15) is 4.21 Å². The Kier molecular flexibility index (Phi) is 5.54. The van der Waals surface area contributed by atoms with E-state index >= 15 is 0 Å². The van der Waals surface area contributed by atoms with Gasteiger partial charge >= 0.3 is 0 Å².